The second kappa shape index (κ2) is 4.89. The Kier molecular flexibility index (Phi) is 4.51. The number of hydrogen-bond acceptors (Lipinski definition) is 1. The summed E-state index contributed by atoms with van der Waals surface area (Å²) in [6.45, 7) is 5.08. The molecule has 0 aliphatic rings. The minimum atomic E-state index is -4.80. The molecule has 0 saturated heterocycles. The first-order valence-electron chi connectivity index (χ1n) is 3.90. The second-order valence-electron chi connectivity index (χ2n) is 2.60. The molecule has 1 N–H and O–H groups in total. The molecule has 0 aromatic heterocycles. The molecular formula is C8H12F3NO. The van der Waals surface area contributed by atoms with Crippen LogP contribution < -0.4 is 5.32 Å². The summed E-state index contributed by atoms with van der Waals surface area (Å²) in [6.07, 6.45) is -2.52. The molecule has 0 radical (unpaired) electrons. The maximum Gasteiger partial charge on any atom is 0.471 e. The fourth-order valence-corrected chi connectivity index (χ4v) is 0.796. The predicted octanol–water partition coefficient (Wildman–Crippen LogP) is 2.02. The molecule has 13 heavy (non-hydrogen) atoms. The molecule has 2 nitrogen and oxygen atoms in total. The van der Waals surface area contributed by atoms with Gasteiger partial charge in [-0.3, -0.25) is 4.79 Å². The van der Waals surface area contributed by atoms with Crippen molar-refractivity contribution in [1.82, 2.24) is 5.32 Å². The van der Waals surface area contributed by atoms with E-state index in [0.29, 0.717) is 12.8 Å². The fourth-order valence-electron chi connectivity index (χ4n) is 0.796. The molecule has 1 unspecified atom stereocenters. The lowest BCUT2D eigenvalue weighted by Gasteiger charge is -2.15. The van der Waals surface area contributed by atoms with Gasteiger partial charge in [-0.05, 0) is 12.8 Å². The van der Waals surface area contributed by atoms with E-state index >= 15 is 0 Å². The summed E-state index contributed by atoms with van der Waals surface area (Å²) >= 11 is 0. The monoisotopic (exact) mass is 195 g/mol. The van der Waals surface area contributed by atoms with Crippen molar-refractivity contribution in [2.45, 2.75) is 32.0 Å². The lowest BCUT2D eigenvalue weighted by molar-refractivity contribution is -0.174. The van der Waals surface area contributed by atoms with E-state index < -0.39 is 18.1 Å². The molecule has 0 aromatic carbocycles. The van der Waals surface area contributed by atoms with Gasteiger partial charge in [-0.15, -0.1) is 6.58 Å². The topological polar surface area (TPSA) is 29.1 Å². The third-order valence-corrected chi connectivity index (χ3v) is 1.54. The Morgan fingerprint density at radius 1 is 1.62 bits per heavy atom. The Balaban J connectivity index is 4.08. The van der Waals surface area contributed by atoms with Crippen LogP contribution in [0.25, 0.3) is 0 Å². The Bertz CT molecular complexity index is 188. The van der Waals surface area contributed by atoms with Gasteiger partial charge in [0, 0.05) is 6.04 Å². The summed E-state index contributed by atoms with van der Waals surface area (Å²) in [7, 11) is 0. The number of carbonyl (C=O) groups is 1. The van der Waals surface area contributed by atoms with E-state index in [1.807, 2.05) is 5.32 Å². The quantitative estimate of drug-likeness (QED) is 0.683. The number of alkyl halides is 3. The highest BCUT2D eigenvalue weighted by Gasteiger charge is 2.39. The average molecular weight is 195 g/mol. The van der Waals surface area contributed by atoms with Crippen molar-refractivity contribution < 1.29 is 18.0 Å². The molecule has 0 heterocycles. The van der Waals surface area contributed by atoms with Crippen LogP contribution in [-0.4, -0.2) is 18.1 Å². The Hall–Kier alpha value is -1.00. The molecule has 0 aliphatic carbocycles. The molecule has 76 valence electrons. The molecule has 1 amide bonds. The van der Waals surface area contributed by atoms with E-state index in [1.54, 1.807) is 6.92 Å². The molecule has 0 spiro atoms. The number of hydrogen-bond donors (Lipinski definition) is 1. The molecule has 0 aromatic rings. The van der Waals surface area contributed by atoms with Crippen LogP contribution in [0.5, 0.6) is 0 Å². The predicted molar refractivity (Wildman–Crippen MR) is 43.1 cm³/mol. The second-order valence-corrected chi connectivity index (χ2v) is 2.60. The number of nitrogens with one attached hydrogen (secondary N) is 1. The van der Waals surface area contributed by atoms with Gasteiger partial charge in [0.1, 0.15) is 0 Å². The molecule has 1 atom stereocenters. The normalized spacial score (nSPS) is 13.5. The van der Waals surface area contributed by atoms with Gasteiger partial charge in [0.15, 0.2) is 0 Å². The molecule has 0 aliphatic heterocycles. The van der Waals surface area contributed by atoms with E-state index in [2.05, 4.69) is 6.58 Å². The van der Waals surface area contributed by atoms with E-state index in [1.165, 1.54) is 6.08 Å². The lowest BCUT2D eigenvalue weighted by Crippen LogP contribution is -2.42. The van der Waals surface area contributed by atoms with Crippen molar-refractivity contribution in [2.75, 3.05) is 0 Å². The van der Waals surface area contributed by atoms with Crippen molar-refractivity contribution >= 4 is 5.91 Å². The minimum absolute atomic E-state index is 0.346. The third kappa shape index (κ3) is 4.55. The fraction of sp³-hybridized carbons (Fsp3) is 0.625. The first-order valence-corrected chi connectivity index (χ1v) is 3.90. The van der Waals surface area contributed by atoms with Gasteiger partial charge in [-0.25, -0.2) is 0 Å². The summed E-state index contributed by atoms with van der Waals surface area (Å²) in [5, 5.41) is 1.87. The van der Waals surface area contributed by atoms with Crippen molar-refractivity contribution in [3.63, 3.8) is 0 Å². The van der Waals surface area contributed by atoms with Gasteiger partial charge in [0.05, 0.1) is 0 Å². The lowest BCUT2D eigenvalue weighted by atomic mass is 10.1. The maximum absolute atomic E-state index is 11.7. The van der Waals surface area contributed by atoms with Crippen LogP contribution in [0.2, 0.25) is 0 Å². The Morgan fingerprint density at radius 2 is 2.15 bits per heavy atom. The van der Waals surface area contributed by atoms with Gasteiger partial charge in [-0.2, -0.15) is 13.2 Å². The molecule has 5 heteroatoms. The Morgan fingerprint density at radius 3 is 2.46 bits per heavy atom. The van der Waals surface area contributed by atoms with Gasteiger partial charge in [-0.1, -0.05) is 13.0 Å². The van der Waals surface area contributed by atoms with Crippen LogP contribution in [0, 0.1) is 0 Å². The largest absolute Gasteiger partial charge is 0.471 e. The third-order valence-electron chi connectivity index (χ3n) is 1.54. The van der Waals surface area contributed by atoms with E-state index in [4.69, 9.17) is 0 Å². The van der Waals surface area contributed by atoms with Crippen LogP contribution in [0.1, 0.15) is 19.8 Å². The van der Waals surface area contributed by atoms with E-state index in [-0.39, 0.29) is 0 Å². The molecule has 0 saturated carbocycles. The summed E-state index contributed by atoms with van der Waals surface area (Å²) in [6, 6.07) is -0.480. The minimum Gasteiger partial charge on any atom is -0.345 e. The molecule has 0 bridgehead atoms. The van der Waals surface area contributed by atoms with Crippen molar-refractivity contribution in [2.24, 2.45) is 0 Å². The highest BCUT2D eigenvalue weighted by atomic mass is 19.4. The van der Waals surface area contributed by atoms with Gasteiger partial charge in [0.2, 0.25) is 0 Å². The van der Waals surface area contributed by atoms with Gasteiger partial charge in [0.25, 0.3) is 0 Å². The van der Waals surface area contributed by atoms with E-state index in [9.17, 15) is 18.0 Å². The average Bonchev–Trinajstić information content (AvgIpc) is 2.01. The first-order chi connectivity index (χ1) is 5.91. The zero-order chi connectivity index (χ0) is 10.5. The summed E-state index contributed by atoms with van der Waals surface area (Å²) in [5.74, 6) is -1.89. The van der Waals surface area contributed by atoms with Crippen molar-refractivity contribution in [3.05, 3.63) is 12.7 Å². The van der Waals surface area contributed by atoms with Crippen LogP contribution in [-0.2, 0) is 4.79 Å². The van der Waals surface area contributed by atoms with Crippen molar-refractivity contribution in [3.8, 4) is 0 Å². The maximum atomic E-state index is 11.7. The highest BCUT2D eigenvalue weighted by Crippen LogP contribution is 2.15. The summed E-state index contributed by atoms with van der Waals surface area (Å²) < 4.78 is 35.2. The number of rotatable bonds is 4. The zero-order valence-electron chi connectivity index (χ0n) is 7.32. The Labute approximate surface area is 74.8 Å². The van der Waals surface area contributed by atoms with Crippen LogP contribution in [0.3, 0.4) is 0 Å². The zero-order valence-corrected chi connectivity index (χ0v) is 7.32. The van der Waals surface area contributed by atoms with Gasteiger partial charge >= 0.3 is 12.1 Å². The molecule has 0 fully saturated rings. The van der Waals surface area contributed by atoms with Crippen LogP contribution in [0.4, 0.5) is 13.2 Å². The van der Waals surface area contributed by atoms with E-state index in [0.717, 1.165) is 0 Å². The number of amides is 1. The summed E-state index contributed by atoms with van der Waals surface area (Å²) in [4.78, 5) is 10.4. The summed E-state index contributed by atoms with van der Waals surface area (Å²) in [5.41, 5.74) is 0. The highest BCUT2D eigenvalue weighted by molar-refractivity contribution is 5.81. The first kappa shape index (κ1) is 12.0. The van der Waals surface area contributed by atoms with Crippen molar-refractivity contribution in [1.29, 1.82) is 0 Å². The molecular weight excluding hydrogens is 183 g/mol. The smallest absolute Gasteiger partial charge is 0.345 e. The number of carbonyl (C=O) groups excluding carboxylic acids is 1. The standard InChI is InChI=1S/C8H12F3NO/c1-3-5-6(4-2)12-7(13)8(9,10)11/h3,6H,1,4-5H2,2H3,(H,12,13). The molecule has 0 rings (SSSR count). The SMILES string of the molecule is C=CCC(CC)NC(=O)C(F)(F)F. The number of halogens is 3. The van der Waals surface area contributed by atoms with Gasteiger partial charge < -0.3 is 5.32 Å². The van der Waals surface area contributed by atoms with Crippen LogP contribution in [0.15, 0.2) is 12.7 Å². The van der Waals surface area contributed by atoms with Crippen LogP contribution >= 0.6 is 0 Å².